The number of H-pyrrole nitrogens is 1. The van der Waals surface area contributed by atoms with Gasteiger partial charge >= 0.3 is 0 Å². The van der Waals surface area contributed by atoms with Crippen molar-refractivity contribution in [1.82, 2.24) is 19.9 Å². The Labute approximate surface area is 224 Å². The molecule has 1 aliphatic carbocycles. The van der Waals surface area contributed by atoms with Gasteiger partial charge in [-0.25, -0.2) is 0 Å². The van der Waals surface area contributed by atoms with E-state index in [0.29, 0.717) is 46.7 Å². The van der Waals surface area contributed by atoms with Gasteiger partial charge in [-0.15, -0.1) is 11.3 Å². The highest BCUT2D eigenvalue weighted by Crippen LogP contribution is 2.42. The van der Waals surface area contributed by atoms with Crippen LogP contribution in [0.1, 0.15) is 46.5 Å². The Balaban J connectivity index is 1.44. The number of aromatic nitrogens is 3. The van der Waals surface area contributed by atoms with Gasteiger partial charge in [-0.2, -0.15) is 9.97 Å². The van der Waals surface area contributed by atoms with Crippen molar-refractivity contribution in [3.8, 4) is 5.75 Å². The van der Waals surface area contributed by atoms with Gasteiger partial charge in [-0.3, -0.25) is 14.5 Å². The predicted octanol–water partition coefficient (Wildman–Crippen LogP) is 4.55. The van der Waals surface area contributed by atoms with Gasteiger partial charge in [0.25, 0.3) is 5.91 Å². The molecule has 0 saturated carbocycles. The van der Waals surface area contributed by atoms with Crippen molar-refractivity contribution in [1.29, 1.82) is 0 Å². The standard InChI is InChI=1S/C27H31N7O3S/c1-4-34(2)14-17(35)11-15-5-6-16-12-22(37-3)21(13-19(15)16)31-27-32-25-18(7-9-29-25)26(33-27)30-20-8-10-38-23(20)24(28)36/h7-10,12-13,15H,4-6,11,14H2,1-3H3,(H2,28,36)(H3,29,30,31,32,33). The Bertz CT molecular complexity index is 1500. The first-order valence-corrected chi connectivity index (χ1v) is 13.4. The number of Topliss-reactive ketones (excluding diaryl/α,β-unsaturated/α-hetero) is 1. The van der Waals surface area contributed by atoms with E-state index in [4.69, 9.17) is 15.5 Å². The molecule has 1 aliphatic rings. The number of benzene rings is 1. The highest BCUT2D eigenvalue weighted by atomic mass is 32.1. The lowest BCUT2D eigenvalue weighted by Crippen LogP contribution is -2.26. The average Bonchev–Trinajstić information content (AvgIpc) is 3.64. The van der Waals surface area contributed by atoms with Gasteiger partial charge in [0.1, 0.15) is 27.9 Å². The fourth-order valence-electron chi connectivity index (χ4n) is 4.89. The van der Waals surface area contributed by atoms with Gasteiger partial charge in [-0.1, -0.05) is 6.92 Å². The van der Waals surface area contributed by atoms with E-state index >= 15 is 0 Å². The molecular formula is C27H31N7O3S. The first kappa shape index (κ1) is 25.7. The number of hydrogen-bond acceptors (Lipinski definition) is 9. The summed E-state index contributed by atoms with van der Waals surface area (Å²) in [5.41, 5.74) is 9.83. The summed E-state index contributed by atoms with van der Waals surface area (Å²) >= 11 is 1.27. The van der Waals surface area contributed by atoms with E-state index in [0.717, 1.165) is 36.0 Å². The van der Waals surface area contributed by atoms with Crippen LogP contribution in [0.3, 0.4) is 0 Å². The minimum Gasteiger partial charge on any atom is -0.495 e. The third-order valence-corrected chi connectivity index (χ3v) is 7.86. The number of carbonyl (C=O) groups excluding carboxylic acids is 2. The molecule has 1 unspecified atom stereocenters. The van der Waals surface area contributed by atoms with Crippen molar-refractivity contribution in [3.05, 3.63) is 51.8 Å². The molecule has 0 radical (unpaired) electrons. The van der Waals surface area contributed by atoms with E-state index in [2.05, 4.69) is 26.7 Å². The number of carbonyl (C=O) groups is 2. The number of nitrogens with one attached hydrogen (secondary N) is 3. The Kier molecular flexibility index (Phi) is 7.30. The summed E-state index contributed by atoms with van der Waals surface area (Å²) in [6, 6.07) is 7.76. The number of nitrogens with two attached hydrogens (primary N) is 1. The van der Waals surface area contributed by atoms with Crippen LogP contribution in [0.5, 0.6) is 5.75 Å². The molecule has 38 heavy (non-hydrogen) atoms. The number of ketones is 1. The highest BCUT2D eigenvalue weighted by molar-refractivity contribution is 7.12. The molecule has 0 fully saturated rings. The van der Waals surface area contributed by atoms with Gasteiger partial charge in [0.15, 0.2) is 0 Å². The lowest BCUT2D eigenvalue weighted by Gasteiger charge is -2.18. The van der Waals surface area contributed by atoms with Crippen LogP contribution in [0, 0.1) is 0 Å². The van der Waals surface area contributed by atoms with Gasteiger partial charge in [-0.05, 0) is 73.1 Å². The van der Waals surface area contributed by atoms with Crippen LogP contribution >= 0.6 is 11.3 Å². The molecule has 10 nitrogen and oxygen atoms in total. The maximum Gasteiger partial charge on any atom is 0.260 e. The van der Waals surface area contributed by atoms with Crippen LogP contribution in [-0.2, 0) is 11.2 Å². The number of likely N-dealkylation sites (N-methyl/N-ethyl adjacent to an activating group) is 1. The minimum absolute atomic E-state index is 0.170. The zero-order valence-corrected chi connectivity index (χ0v) is 22.4. The van der Waals surface area contributed by atoms with E-state index in [9.17, 15) is 9.59 Å². The normalized spacial score (nSPS) is 14.6. The van der Waals surface area contributed by atoms with E-state index in [1.54, 1.807) is 24.8 Å². The highest BCUT2D eigenvalue weighted by Gasteiger charge is 2.27. The second-order valence-electron chi connectivity index (χ2n) is 9.47. The topological polar surface area (TPSA) is 138 Å². The first-order valence-electron chi connectivity index (χ1n) is 12.5. The maximum absolute atomic E-state index is 12.7. The second-order valence-corrected chi connectivity index (χ2v) is 10.4. The number of aryl methyl sites for hydroxylation is 1. The summed E-state index contributed by atoms with van der Waals surface area (Å²) in [6.07, 6.45) is 4.15. The molecule has 1 amide bonds. The summed E-state index contributed by atoms with van der Waals surface area (Å²) in [6.45, 7) is 3.36. The number of thiophene rings is 1. The minimum atomic E-state index is -0.502. The van der Waals surface area contributed by atoms with E-state index < -0.39 is 5.91 Å². The largest absolute Gasteiger partial charge is 0.495 e. The Morgan fingerprint density at radius 3 is 2.84 bits per heavy atom. The summed E-state index contributed by atoms with van der Waals surface area (Å²) in [5, 5.41) is 9.12. The van der Waals surface area contributed by atoms with Crippen molar-refractivity contribution >= 4 is 57.2 Å². The zero-order chi connectivity index (χ0) is 26.8. The molecule has 3 aromatic heterocycles. The molecule has 0 aliphatic heterocycles. The third kappa shape index (κ3) is 5.20. The number of rotatable bonds is 11. The molecule has 5 N–H and O–H groups in total. The lowest BCUT2D eigenvalue weighted by molar-refractivity contribution is -0.120. The molecule has 1 atom stereocenters. The molecule has 198 valence electrons. The van der Waals surface area contributed by atoms with Crippen LogP contribution in [0.2, 0.25) is 0 Å². The Morgan fingerprint density at radius 1 is 1.24 bits per heavy atom. The van der Waals surface area contributed by atoms with Crippen LogP contribution < -0.4 is 21.1 Å². The van der Waals surface area contributed by atoms with E-state index in [-0.39, 0.29) is 11.7 Å². The summed E-state index contributed by atoms with van der Waals surface area (Å²) < 4.78 is 5.69. The van der Waals surface area contributed by atoms with Crippen molar-refractivity contribution in [3.63, 3.8) is 0 Å². The van der Waals surface area contributed by atoms with Crippen molar-refractivity contribution in [2.75, 3.05) is 37.9 Å². The molecule has 0 saturated heterocycles. The number of ether oxygens (including phenoxy) is 1. The first-order chi connectivity index (χ1) is 18.4. The van der Waals surface area contributed by atoms with Crippen molar-refractivity contribution in [2.24, 2.45) is 5.73 Å². The SMILES string of the molecule is CCN(C)CC(=O)CC1CCc2cc(OC)c(Nc3nc(Nc4ccsc4C(N)=O)c4cc[nH]c4n3)cc21. The molecule has 0 bridgehead atoms. The summed E-state index contributed by atoms with van der Waals surface area (Å²) in [4.78, 5) is 39.4. The number of nitrogens with zero attached hydrogens (tertiary/aromatic N) is 3. The van der Waals surface area contributed by atoms with Gasteiger partial charge in [0.05, 0.1) is 30.4 Å². The maximum atomic E-state index is 12.7. The number of anilines is 4. The molecule has 4 aromatic rings. The zero-order valence-electron chi connectivity index (χ0n) is 21.6. The van der Waals surface area contributed by atoms with Gasteiger partial charge < -0.3 is 26.1 Å². The summed E-state index contributed by atoms with van der Waals surface area (Å²) in [7, 11) is 3.60. The van der Waals surface area contributed by atoms with Crippen LogP contribution in [0.25, 0.3) is 11.0 Å². The quantitative estimate of drug-likeness (QED) is 0.220. The number of amides is 1. The fourth-order valence-corrected chi connectivity index (χ4v) is 5.59. The molecule has 3 heterocycles. The number of fused-ring (bicyclic) bond motifs is 2. The molecule has 11 heteroatoms. The predicted molar refractivity (Wildman–Crippen MR) is 150 cm³/mol. The lowest BCUT2D eigenvalue weighted by atomic mass is 9.95. The number of hydrogen-bond donors (Lipinski definition) is 4. The number of primary amides is 1. The van der Waals surface area contributed by atoms with Crippen LogP contribution in [-0.4, -0.2) is 58.8 Å². The number of aromatic amines is 1. The third-order valence-electron chi connectivity index (χ3n) is 6.93. The average molecular weight is 534 g/mol. The number of methoxy groups -OCH3 is 1. The van der Waals surface area contributed by atoms with Crippen LogP contribution in [0.15, 0.2) is 35.8 Å². The Hall–Kier alpha value is -3.96. The van der Waals surface area contributed by atoms with Crippen molar-refractivity contribution < 1.29 is 14.3 Å². The van der Waals surface area contributed by atoms with Gasteiger partial charge in [0.2, 0.25) is 5.95 Å². The smallest absolute Gasteiger partial charge is 0.260 e. The molecule has 5 rings (SSSR count). The van der Waals surface area contributed by atoms with E-state index in [1.165, 1.54) is 16.9 Å². The molecular weight excluding hydrogens is 502 g/mol. The van der Waals surface area contributed by atoms with Crippen molar-refractivity contribution in [2.45, 2.75) is 32.1 Å². The second kappa shape index (κ2) is 10.8. The molecule has 1 aromatic carbocycles. The van der Waals surface area contributed by atoms with E-state index in [1.807, 2.05) is 31.0 Å². The Morgan fingerprint density at radius 2 is 2.08 bits per heavy atom. The molecule has 0 spiro atoms. The summed E-state index contributed by atoms with van der Waals surface area (Å²) in [5.74, 6) is 1.48. The van der Waals surface area contributed by atoms with Crippen LogP contribution in [0.4, 0.5) is 23.1 Å². The monoisotopic (exact) mass is 533 g/mol. The van der Waals surface area contributed by atoms with Gasteiger partial charge in [0, 0.05) is 12.6 Å². The fraction of sp³-hybridized carbons (Fsp3) is 0.333.